The first-order chi connectivity index (χ1) is 8.47. The number of urea groups is 1. The topological polar surface area (TPSA) is 105 Å². The average Bonchev–Trinajstić information content (AvgIpc) is 2.22. The summed E-state index contributed by atoms with van der Waals surface area (Å²) in [5.74, 6) is -1.81. The Bertz CT molecular complexity index is 333. The SMILES string of the molecule is CCC1(NC(=O)NC(=O)COCC(=O)O)CCC1. The van der Waals surface area contributed by atoms with Crippen molar-refractivity contribution in [3.05, 3.63) is 0 Å². The van der Waals surface area contributed by atoms with Gasteiger partial charge in [0.25, 0.3) is 5.91 Å². The van der Waals surface area contributed by atoms with Crippen LogP contribution in [0.4, 0.5) is 4.79 Å². The Balaban J connectivity index is 2.23. The van der Waals surface area contributed by atoms with Crippen LogP contribution in [0.15, 0.2) is 0 Å². The van der Waals surface area contributed by atoms with E-state index >= 15 is 0 Å². The van der Waals surface area contributed by atoms with Gasteiger partial charge in [0.05, 0.1) is 0 Å². The first kappa shape index (κ1) is 14.4. The summed E-state index contributed by atoms with van der Waals surface area (Å²) in [5, 5.41) is 13.2. The van der Waals surface area contributed by atoms with Gasteiger partial charge in [0.2, 0.25) is 0 Å². The molecule has 3 amide bonds. The van der Waals surface area contributed by atoms with E-state index in [0.29, 0.717) is 0 Å². The van der Waals surface area contributed by atoms with E-state index in [4.69, 9.17) is 5.11 Å². The first-order valence-corrected chi connectivity index (χ1v) is 5.89. The second-order valence-electron chi connectivity index (χ2n) is 4.38. The highest BCUT2D eigenvalue weighted by molar-refractivity contribution is 5.95. The van der Waals surface area contributed by atoms with Crippen LogP contribution in [0.25, 0.3) is 0 Å². The molecule has 1 fully saturated rings. The maximum absolute atomic E-state index is 11.5. The molecule has 0 spiro atoms. The molecule has 0 bridgehead atoms. The molecule has 0 radical (unpaired) electrons. The molecule has 0 aromatic carbocycles. The van der Waals surface area contributed by atoms with Crippen molar-refractivity contribution in [3.8, 4) is 0 Å². The molecule has 1 saturated carbocycles. The molecule has 0 saturated heterocycles. The summed E-state index contributed by atoms with van der Waals surface area (Å²) in [4.78, 5) is 32.9. The average molecular weight is 258 g/mol. The van der Waals surface area contributed by atoms with Gasteiger partial charge in [-0.15, -0.1) is 0 Å². The predicted molar refractivity (Wildman–Crippen MR) is 62.0 cm³/mol. The van der Waals surface area contributed by atoms with Crippen molar-refractivity contribution in [2.24, 2.45) is 0 Å². The van der Waals surface area contributed by atoms with E-state index in [1.807, 2.05) is 6.92 Å². The monoisotopic (exact) mass is 258 g/mol. The van der Waals surface area contributed by atoms with Crippen LogP contribution in [0.1, 0.15) is 32.6 Å². The normalized spacial score (nSPS) is 16.5. The molecule has 7 heteroatoms. The third kappa shape index (κ3) is 4.33. The van der Waals surface area contributed by atoms with Gasteiger partial charge in [-0.25, -0.2) is 9.59 Å². The summed E-state index contributed by atoms with van der Waals surface area (Å²) >= 11 is 0. The highest BCUT2D eigenvalue weighted by atomic mass is 16.5. The first-order valence-electron chi connectivity index (χ1n) is 5.89. The van der Waals surface area contributed by atoms with Crippen LogP contribution < -0.4 is 10.6 Å². The van der Waals surface area contributed by atoms with Crippen molar-refractivity contribution in [1.82, 2.24) is 10.6 Å². The van der Waals surface area contributed by atoms with Gasteiger partial charge in [0, 0.05) is 5.54 Å². The molecule has 3 N–H and O–H groups in total. The molecule has 0 unspecified atom stereocenters. The van der Waals surface area contributed by atoms with Crippen LogP contribution in [0.2, 0.25) is 0 Å². The van der Waals surface area contributed by atoms with Gasteiger partial charge in [0.1, 0.15) is 13.2 Å². The lowest BCUT2D eigenvalue weighted by Crippen LogP contribution is -2.57. The van der Waals surface area contributed by atoms with E-state index in [-0.39, 0.29) is 5.54 Å². The summed E-state index contributed by atoms with van der Waals surface area (Å²) < 4.78 is 4.56. The minimum Gasteiger partial charge on any atom is -0.480 e. The standard InChI is InChI=1S/C11H18N2O5/c1-2-11(4-3-5-11)13-10(17)12-8(14)6-18-7-9(15)16/h2-7H2,1H3,(H,15,16)(H2,12,13,14,17). The molecule has 1 aliphatic rings. The quantitative estimate of drug-likeness (QED) is 0.633. The molecule has 18 heavy (non-hydrogen) atoms. The highest BCUT2D eigenvalue weighted by Crippen LogP contribution is 2.34. The van der Waals surface area contributed by atoms with Gasteiger partial charge in [0.15, 0.2) is 0 Å². The predicted octanol–water partition coefficient (Wildman–Crippen LogP) is 0.246. The van der Waals surface area contributed by atoms with Crippen molar-refractivity contribution in [2.45, 2.75) is 38.1 Å². The summed E-state index contributed by atoms with van der Waals surface area (Å²) in [6, 6.07) is -0.555. The fourth-order valence-corrected chi connectivity index (χ4v) is 1.84. The lowest BCUT2D eigenvalue weighted by atomic mass is 9.75. The van der Waals surface area contributed by atoms with Crippen molar-refractivity contribution in [2.75, 3.05) is 13.2 Å². The minimum absolute atomic E-state index is 0.188. The van der Waals surface area contributed by atoms with Gasteiger partial charge in [-0.1, -0.05) is 6.92 Å². The summed E-state index contributed by atoms with van der Waals surface area (Å²) in [7, 11) is 0. The Hall–Kier alpha value is -1.63. The Morgan fingerprint density at radius 1 is 1.28 bits per heavy atom. The number of amides is 3. The van der Waals surface area contributed by atoms with E-state index in [1.165, 1.54) is 0 Å². The number of carbonyl (C=O) groups excluding carboxylic acids is 2. The molecule has 7 nitrogen and oxygen atoms in total. The highest BCUT2D eigenvalue weighted by Gasteiger charge is 2.36. The molecular formula is C11H18N2O5. The Morgan fingerprint density at radius 2 is 1.94 bits per heavy atom. The molecule has 1 rings (SSSR count). The maximum Gasteiger partial charge on any atom is 0.329 e. The summed E-state index contributed by atoms with van der Waals surface area (Å²) in [6.45, 7) is 0.976. The van der Waals surface area contributed by atoms with Crippen LogP contribution in [0.5, 0.6) is 0 Å². The van der Waals surface area contributed by atoms with Crippen molar-refractivity contribution in [3.63, 3.8) is 0 Å². The minimum atomic E-state index is -1.16. The lowest BCUT2D eigenvalue weighted by molar-refractivity contribution is -0.143. The zero-order valence-electron chi connectivity index (χ0n) is 10.3. The second-order valence-corrected chi connectivity index (χ2v) is 4.38. The largest absolute Gasteiger partial charge is 0.480 e. The fourth-order valence-electron chi connectivity index (χ4n) is 1.84. The fraction of sp³-hybridized carbons (Fsp3) is 0.727. The number of hydrogen-bond acceptors (Lipinski definition) is 4. The second kappa shape index (κ2) is 6.34. The lowest BCUT2D eigenvalue weighted by Gasteiger charge is -2.41. The molecule has 0 aromatic rings. The number of hydrogen-bond donors (Lipinski definition) is 3. The van der Waals surface area contributed by atoms with Crippen molar-refractivity contribution >= 4 is 17.9 Å². The number of carboxylic acids is 1. The van der Waals surface area contributed by atoms with E-state index in [0.717, 1.165) is 25.7 Å². The summed E-state index contributed by atoms with van der Waals surface area (Å²) in [5.41, 5.74) is -0.188. The van der Waals surface area contributed by atoms with Gasteiger partial charge in [-0.3, -0.25) is 10.1 Å². The van der Waals surface area contributed by atoms with E-state index in [2.05, 4.69) is 15.4 Å². The van der Waals surface area contributed by atoms with Crippen molar-refractivity contribution in [1.29, 1.82) is 0 Å². The Kier molecular flexibility index (Phi) is 5.08. The van der Waals surface area contributed by atoms with E-state index in [1.54, 1.807) is 0 Å². The van der Waals surface area contributed by atoms with Gasteiger partial charge < -0.3 is 15.2 Å². The van der Waals surface area contributed by atoms with Crippen LogP contribution >= 0.6 is 0 Å². The Labute approximate surface area is 105 Å². The smallest absolute Gasteiger partial charge is 0.329 e. The molecule has 102 valence electrons. The van der Waals surface area contributed by atoms with Crippen LogP contribution in [0, 0.1) is 0 Å². The Morgan fingerprint density at radius 3 is 2.39 bits per heavy atom. The van der Waals surface area contributed by atoms with Crippen LogP contribution in [-0.4, -0.2) is 41.8 Å². The van der Waals surface area contributed by atoms with E-state index in [9.17, 15) is 14.4 Å². The zero-order chi connectivity index (χ0) is 13.6. The number of ether oxygens (including phenoxy) is 1. The number of carboxylic acid groups (broad SMARTS) is 1. The number of carbonyl (C=O) groups is 3. The zero-order valence-corrected chi connectivity index (χ0v) is 10.3. The van der Waals surface area contributed by atoms with Gasteiger partial charge >= 0.3 is 12.0 Å². The molecule has 0 aliphatic heterocycles. The van der Waals surface area contributed by atoms with Crippen molar-refractivity contribution < 1.29 is 24.2 Å². The number of imide groups is 1. The summed E-state index contributed by atoms with van der Waals surface area (Å²) in [6.07, 6.45) is 3.73. The number of aliphatic carboxylic acids is 1. The molecular weight excluding hydrogens is 240 g/mol. The van der Waals surface area contributed by atoms with Gasteiger partial charge in [-0.05, 0) is 25.7 Å². The van der Waals surface area contributed by atoms with Crippen LogP contribution in [-0.2, 0) is 14.3 Å². The molecule has 0 heterocycles. The third-order valence-corrected chi connectivity index (χ3v) is 3.08. The number of nitrogens with one attached hydrogen (secondary N) is 2. The maximum atomic E-state index is 11.5. The third-order valence-electron chi connectivity index (χ3n) is 3.08. The number of rotatable bonds is 6. The molecule has 0 atom stereocenters. The molecule has 1 aliphatic carbocycles. The van der Waals surface area contributed by atoms with Gasteiger partial charge in [-0.2, -0.15) is 0 Å². The van der Waals surface area contributed by atoms with E-state index < -0.39 is 31.1 Å². The molecule has 0 aromatic heterocycles. The van der Waals surface area contributed by atoms with Crippen LogP contribution in [0.3, 0.4) is 0 Å².